The maximum absolute atomic E-state index is 13.1. The Morgan fingerprint density at radius 2 is 1.71 bits per heavy atom. The van der Waals surface area contributed by atoms with Crippen molar-refractivity contribution in [2.24, 2.45) is 0 Å². The second kappa shape index (κ2) is 8.35. The molecule has 1 atom stereocenters. The maximum atomic E-state index is 13.1. The summed E-state index contributed by atoms with van der Waals surface area (Å²) in [6, 6.07) is 17.1. The molecule has 0 spiro atoms. The molecule has 1 aromatic heterocycles. The highest BCUT2D eigenvalue weighted by Gasteiger charge is 2.47. The van der Waals surface area contributed by atoms with Crippen molar-refractivity contribution in [1.29, 1.82) is 0 Å². The Balaban J connectivity index is 1.91. The van der Waals surface area contributed by atoms with Gasteiger partial charge in [0, 0.05) is 36.0 Å². The van der Waals surface area contributed by atoms with Crippen LogP contribution in [0.25, 0.3) is 5.76 Å². The van der Waals surface area contributed by atoms with Crippen molar-refractivity contribution in [1.82, 2.24) is 4.98 Å². The molecule has 3 aromatic rings. The third-order valence-corrected chi connectivity index (χ3v) is 5.74. The number of rotatable bonds is 4. The predicted octanol–water partition coefficient (Wildman–Crippen LogP) is 4.54. The molecular formula is C24H20BrN3O3. The molecule has 31 heavy (non-hydrogen) atoms. The fraction of sp³-hybridized carbons (Fsp3) is 0.125. The Kier molecular flexibility index (Phi) is 5.61. The highest BCUT2D eigenvalue weighted by Crippen LogP contribution is 2.42. The summed E-state index contributed by atoms with van der Waals surface area (Å²) >= 11 is 3.37. The molecule has 0 aliphatic carbocycles. The zero-order valence-electron chi connectivity index (χ0n) is 17.0. The van der Waals surface area contributed by atoms with Crippen LogP contribution in [0.1, 0.15) is 17.2 Å². The lowest BCUT2D eigenvalue weighted by molar-refractivity contribution is -0.132. The summed E-state index contributed by atoms with van der Waals surface area (Å²) in [7, 11) is 3.87. The Morgan fingerprint density at radius 1 is 1.03 bits per heavy atom. The Morgan fingerprint density at radius 3 is 2.29 bits per heavy atom. The van der Waals surface area contributed by atoms with Gasteiger partial charge in [0.2, 0.25) is 0 Å². The highest BCUT2D eigenvalue weighted by atomic mass is 79.9. The summed E-state index contributed by atoms with van der Waals surface area (Å²) < 4.78 is 0.843. The fourth-order valence-electron chi connectivity index (χ4n) is 3.63. The summed E-state index contributed by atoms with van der Waals surface area (Å²) in [5, 5.41) is 11.1. The van der Waals surface area contributed by atoms with Gasteiger partial charge >= 0.3 is 0 Å². The summed E-state index contributed by atoms with van der Waals surface area (Å²) in [5.41, 5.74) is 2.69. The van der Waals surface area contributed by atoms with Crippen LogP contribution in [0.5, 0.6) is 0 Å². The van der Waals surface area contributed by atoms with Crippen LogP contribution < -0.4 is 9.80 Å². The molecule has 1 aliphatic rings. The number of benzene rings is 2. The molecule has 1 fully saturated rings. The number of carbonyl (C=O) groups excluding carboxylic acids is 2. The number of aliphatic hydroxyl groups is 1. The topological polar surface area (TPSA) is 73.7 Å². The number of ketones is 1. The monoisotopic (exact) mass is 477 g/mol. The number of nitrogens with zero attached hydrogens (tertiary/aromatic N) is 3. The molecule has 1 N–H and O–H groups in total. The van der Waals surface area contributed by atoms with E-state index in [1.807, 2.05) is 43.3 Å². The van der Waals surface area contributed by atoms with E-state index in [2.05, 4.69) is 20.9 Å². The van der Waals surface area contributed by atoms with Gasteiger partial charge in [0.25, 0.3) is 11.7 Å². The lowest BCUT2D eigenvalue weighted by Gasteiger charge is -2.25. The number of carbonyl (C=O) groups is 2. The second-order valence-corrected chi connectivity index (χ2v) is 8.29. The quantitative estimate of drug-likeness (QED) is 0.339. The number of hydrogen-bond acceptors (Lipinski definition) is 5. The van der Waals surface area contributed by atoms with Gasteiger partial charge in [0.1, 0.15) is 5.76 Å². The van der Waals surface area contributed by atoms with Gasteiger partial charge in [-0.2, -0.15) is 0 Å². The van der Waals surface area contributed by atoms with Crippen molar-refractivity contribution >= 4 is 44.8 Å². The molecular weight excluding hydrogens is 458 g/mol. The number of aliphatic hydroxyl groups excluding tert-OH is 1. The molecule has 1 unspecified atom stereocenters. The van der Waals surface area contributed by atoms with Gasteiger partial charge in [0.15, 0.2) is 0 Å². The van der Waals surface area contributed by atoms with Crippen LogP contribution in [-0.2, 0) is 9.59 Å². The molecule has 0 radical (unpaired) electrons. The molecule has 0 bridgehead atoms. The summed E-state index contributed by atoms with van der Waals surface area (Å²) in [5.74, 6) is -1.64. The van der Waals surface area contributed by atoms with Gasteiger partial charge in [-0.05, 0) is 42.0 Å². The first kappa shape index (κ1) is 20.8. The van der Waals surface area contributed by atoms with E-state index in [9.17, 15) is 14.7 Å². The molecule has 156 valence electrons. The van der Waals surface area contributed by atoms with Crippen LogP contribution >= 0.6 is 15.9 Å². The smallest absolute Gasteiger partial charge is 0.300 e. The van der Waals surface area contributed by atoms with Crippen LogP contribution in [-0.4, -0.2) is 35.9 Å². The molecule has 2 heterocycles. The van der Waals surface area contributed by atoms with E-state index in [0.717, 1.165) is 10.2 Å². The molecule has 0 saturated carbocycles. The largest absolute Gasteiger partial charge is 0.507 e. The maximum Gasteiger partial charge on any atom is 0.300 e. The number of Topliss-reactive ketones (excluding diaryl/α,β-unsaturated/α-hetero) is 1. The number of hydrogen-bond donors (Lipinski definition) is 1. The minimum absolute atomic E-state index is 0.0498. The van der Waals surface area contributed by atoms with E-state index in [1.165, 1.54) is 11.1 Å². The van der Waals surface area contributed by atoms with Crippen LogP contribution in [0.3, 0.4) is 0 Å². The Hall–Kier alpha value is -3.45. The standard InChI is InChI=1S/C24H20BrN3O3/c1-27(2)18-11-7-15(8-12-18)21-20(22(29)16-5-9-17(25)10-6-16)23(30)24(31)28(21)19-4-3-13-26-14-19/h3-14,21,29H,1-2H3/b22-20+. The van der Waals surface area contributed by atoms with E-state index in [1.54, 1.807) is 42.6 Å². The molecule has 4 rings (SSSR count). The lowest BCUT2D eigenvalue weighted by Crippen LogP contribution is -2.29. The number of halogens is 1. The van der Waals surface area contributed by atoms with Gasteiger partial charge in [-0.15, -0.1) is 0 Å². The van der Waals surface area contributed by atoms with Crippen LogP contribution in [0, 0.1) is 0 Å². The fourth-order valence-corrected chi connectivity index (χ4v) is 3.89. The number of pyridine rings is 1. The average molecular weight is 478 g/mol. The van der Waals surface area contributed by atoms with Crippen molar-refractivity contribution < 1.29 is 14.7 Å². The van der Waals surface area contributed by atoms with Gasteiger partial charge in [0.05, 0.1) is 23.5 Å². The third-order valence-electron chi connectivity index (χ3n) is 5.21. The number of anilines is 2. The minimum Gasteiger partial charge on any atom is -0.507 e. The SMILES string of the molecule is CN(C)c1ccc(C2/C(=C(\O)c3ccc(Br)cc3)C(=O)C(=O)N2c2cccnc2)cc1. The van der Waals surface area contributed by atoms with E-state index < -0.39 is 17.7 Å². The lowest BCUT2D eigenvalue weighted by atomic mass is 9.95. The predicted molar refractivity (Wildman–Crippen MR) is 124 cm³/mol. The highest BCUT2D eigenvalue weighted by molar-refractivity contribution is 9.10. The molecule has 6 nitrogen and oxygen atoms in total. The van der Waals surface area contributed by atoms with Gasteiger partial charge < -0.3 is 10.0 Å². The zero-order valence-corrected chi connectivity index (χ0v) is 18.6. The molecule has 7 heteroatoms. The number of aromatic nitrogens is 1. The minimum atomic E-state index is -0.774. The van der Waals surface area contributed by atoms with Crippen molar-refractivity contribution in [3.8, 4) is 0 Å². The average Bonchev–Trinajstić information content (AvgIpc) is 3.05. The number of amides is 1. The molecule has 1 saturated heterocycles. The van der Waals surface area contributed by atoms with E-state index in [-0.39, 0.29) is 11.3 Å². The Bertz CT molecular complexity index is 1160. The van der Waals surface area contributed by atoms with Crippen molar-refractivity contribution in [2.45, 2.75) is 6.04 Å². The zero-order chi connectivity index (χ0) is 22.1. The summed E-state index contributed by atoms with van der Waals surface area (Å²) in [6.45, 7) is 0. The van der Waals surface area contributed by atoms with E-state index in [4.69, 9.17) is 0 Å². The van der Waals surface area contributed by atoms with Crippen molar-refractivity contribution in [3.05, 3.63) is 94.2 Å². The molecule has 1 aliphatic heterocycles. The van der Waals surface area contributed by atoms with E-state index >= 15 is 0 Å². The van der Waals surface area contributed by atoms with Crippen molar-refractivity contribution in [3.63, 3.8) is 0 Å². The normalized spacial score (nSPS) is 17.8. The van der Waals surface area contributed by atoms with Gasteiger partial charge in [-0.25, -0.2) is 0 Å². The Labute approximate surface area is 188 Å². The van der Waals surface area contributed by atoms with Crippen molar-refractivity contribution in [2.75, 3.05) is 23.9 Å². The van der Waals surface area contributed by atoms with Crippen LogP contribution in [0.4, 0.5) is 11.4 Å². The molecule has 1 amide bonds. The summed E-state index contributed by atoms with van der Waals surface area (Å²) in [4.78, 5) is 33.6. The van der Waals surface area contributed by atoms with Crippen LogP contribution in [0.2, 0.25) is 0 Å². The second-order valence-electron chi connectivity index (χ2n) is 7.37. The van der Waals surface area contributed by atoms with E-state index in [0.29, 0.717) is 16.8 Å². The molecule has 2 aromatic carbocycles. The van der Waals surface area contributed by atoms with Gasteiger partial charge in [-0.3, -0.25) is 19.5 Å². The van der Waals surface area contributed by atoms with Gasteiger partial charge in [-0.1, -0.05) is 40.2 Å². The van der Waals surface area contributed by atoms with Crippen LogP contribution in [0.15, 0.2) is 83.1 Å². The first-order chi connectivity index (χ1) is 14.9. The first-order valence-electron chi connectivity index (χ1n) is 9.62. The first-order valence-corrected chi connectivity index (χ1v) is 10.4. The third kappa shape index (κ3) is 3.84. The summed E-state index contributed by atoms with van der Waals surface area (Å²) in [6.07, 6.45) is 3.13.